The molecule has 160 valence electrons. The predicted molar refractivity (Wildman–Crippen MR) is 123 cm³/mol. The van der Waals surface area contributed by atoms with E-state index >= 15 is 0 Å². The van der Waals surface area contributed by atoms with Gasteiger partial charge in [-0.25, -0.2) is 4.99 Å². The van der Waals surface area contributed by atoms with E-state index in [-0.39, 0.29) is 43.0 Å². The first kappa shape index (κ1) is 25.3. The van der Waals surface area contributed by atoms with Crippen LogP contribution in [0.15, 0.2) is 53.5 Å². The maximum absolute atomic E-state index is 12.8. The molecule has 0 aliphatic carbocycles. The van der Waals surface area contributed by atoms with Crippen LogP contribution in [0.1, 0.15) is 23.6 Å². The first-order valence-corrected chi connectivity index (χ1v) is 8.86. The number of guanidine groups is 1. The number of nitrogens with one attached hydrogen (secondary N) is 3. The second-order valence-corrected chi connectivity index (χ2v) is 6.02. The highest BCUT2D eigenvalue weighted by atomic mass is 127. The summed E-state index contributed by atoms with van der Waals surface area (Å²) < 4.78 is 38.4. The molecule has 30 heavy (non-hydrogen) atoms. The summed E-state index contributed by atoms with van der Waals surface area (Å²) in [5.41, 5.74) is 0.897. The Labute approximate surface area is 190 Å². The van der Waals surface area contributed by atoms with E-state index in [9.17, 15) is 18.0 Å². The molecular formula is C21H22F3IN4O. The minimum atomic E-state index is -4.41. The molecule has 0 spiro atoms. The molecule has 2 rings (SSSR count). The van der Waals surface area contributed by atoms with Crippen LogP contribution in [-0.4, -0.2) is 25.0 Å². The monoisotopic (exact) mass is 530 g/mol. The maximum Gasteiger partial charge on any atom is 0.416 e. The van der Waals surface area contributed by atoms with Gasteiger partial charge in [-0.15, -0.1) is 30.4 Å². The van der Waals surface area contributed by atoms with Crippen molar-refractivity contribution in [2.24, 2.45) is 4.99 Å². The van der Waals surface area contributed by atoms with Gasteiger partial charge in [0.2, 0.25) is 5.91 Å². The van der Waals surface area contributed by atoms with Crippen LogP contribution in [0.2, 0.25) is 0 Å². The largest absolute Gasteiger partial charge is 0.416 e. The Balaban J connectivity index is 0.00000450. The smallest absolute Gasteiger partial charge is 0.357 e. The number of halogens is 4. The van der Waals surface area contributed by atoms with Crippen molar-refractivity contribution in [1.82, 2.24) is 10.6 Å². The molecule has 9 heteroatoms. The van der Waals surface area contributed by atoms with Crippen molar-refractivity contribution >= 4 is 41.5 Å². The van der Waals surface area contributed by atoms with Crippen molar-refractivity contribution < 1.29 is 18.0 Å². The zero-order valence-corrected chi connectivity index (χ0v) is 18.5. The molecule has 0 aliphatic rings. The number of nitrogens with zero attached hydrogens (tertiary/aromatic N) is 1. The number of aliphatic imine (C=N–C) groups is 1. The highest BCUT2D eigenvalue weighted by Crippen LogP contribution is 2.29. The van der Waals surface area contributed by atoms with Crippen LogP contribution in [0, 0.1) is 12.3 Å². The van der Waals surface area contributed by atoms with Gasteiger partial charge in [0.05, 0.1) is 18.7 Å². The van der Waals surface area contributed by atoms with E-state index < -0.39 is 11.7 Å². The number of hydrogen-bond donors (Lipinski definition) is 3. The van der Waals surface area contributed by atoms with Crippen LogP contribution in [-0.2, 0) is 17.5 Å². The van der Waals surface area contributed by atoms with E-state index in [1.54, 1.807) is 30.3 Å². The molecule has 0 atom stereocenters. The van der Waals surface area contributed by atoms with Gasteiger partial charge < -0.3 is 16.0 Å². The van der Waals surface area contributed by atoms with E-state index in [0.29, 0.717) is 29.3 Å². The van der Waals surface area contributed by atoms with Gasteiger partial charge >= 0.3 is 6.18 Å². The summed E-state index contributed by atoms with van der Waals surface area (Å²) in [6.45, 7) is 2.33. The molecule has 2 aromatic carbocycles. The molecule has 0 aromatic heterocycles. The van der Waals surface area contributed by atoms with Crippen molar-refractivity contribution in [2.45, 2.75) is 19.6 Å². The van der Waals surface area contributed by atoms with Gasteiger partial charge in [0.1, 0.15) is 0 Å². The van der Waals surface area contributed by atoms with Gasteiger partial charge in [-0.05, 0) is 42.8 Å². The Morgan fingerprint density at radius 2 is 1.87 bits per heavy atom. The fraction of sp³-hybridized carbons (Fsp3) is 0.238. The first-order chi connectivity index (χ1) is 13.8. The van der Waals surface area contributed by atoms with Crippen LogP contribution < -0.4 is 16.0 Å². The van der Waals surface area contributed by atoms with Crippen molar-refractivity contribution in [2.75, 3.05) is 18.4 Å². The number of carbonyl (C=O) groups is 1. The fourth-order valence-corrected chi connectivity index (χ4v) is 2.41. The summed E-state index contributed by atoms with van der Waals surface area (Å²) >= 11 is 0. The molecule has 3 N–H and O–H groups in total. The number of hydrogen-bond acceptors (Lipinski definition) is 2. The lowest BCUT2D eigenvalue weighted by atomic mass is 10.1. The van der Waals surface area contributed by atoms with Crippen LogP contribution in [0.25, 0.3) is 0 Å². The van der Waals surface area contributed by atoms with Crippen LogP contribution in [0.3, 0.4) is 0 Å². The Morgan fingerprint density at radius 3 is 2.53 bits per heavy atom. The minimum Gasteiger partial charge on any atom is -0.357 e. The van der Waals surface area contributed by atoms with Crippen molar-refractivity contribution in [1.29, 1.82) is 0 Å². The second kappa shape index (κ2) is 12.1. The summed E-state index contributed by atoms with van der Waals surface area (Å²) in [5, 5.41) is 8.50. The Morgan fingerprint density at radius 1 is 1.13 bits per heavy atom. The summed E-state index contributed by atoms with van der Waals surface area (Å²) in [6, 6.07) is 11.8. The van der Waals surface area contributed by atoms with Crippen molar-refractivity contribution in [3.05, 3.63) is 65.2 Å². The molecule has 5 nitrogen and oxygen atoms in total. The molecule has 0 radical (unpaired) electrons. The number of alkyl halides is 3. The van der Waals surface area contributed by atoms with E-state index in [2.05, 4.69) is 26.9 Å². The molecule has 0 bridgehead atoms. The molecular weight excluding hydrogens is 508 g/mol. The zero-order chi connectivity index (χ0) is 21.3. The van der Waals surface area contributed by atoms with E-state index in [1.807, 2.05) is 6.92 Å². The summed E-state index contributed by atoms with van der Waals surface area (Å²) in [7, 11) is 0. The number of amides is 1. The Hall–Kier alpha value is -2.74. The molecule has 1 amide bonds. The Bertz CT molecular complexity index is 923. The molecule has 0 heterocycles. The van der Waals surface area contributed by atoms with Gasteiger partial charge in [-0.2, -0.15) is 13.2 Å². The van der Waals surface area contributed by atoms with Crippen LogP contribution >= 0.6 is 24.0 Å². The quantitative estimate of drug-likeness (QED) is 0.229. The predicted octanol–water partition coefficient (Wildman–Crippen LogP) is 4.00. The summed E-state index contributed by atoms with van der Waals surface area (Å²) in [4.78, 5) is 16.4. The van der Waals surface area contributed by atoms with E-state index in [0.717, 1.165) is 12.1 Å². The van der Waals surface area contributed by atoms with Gasteiger partial charge in [0, 0.05) is 17.8 Å². The minimum absolute atomic E-state index is 0. The lowest BCUT2D eigenvalue weighted by Crippen LogP contribution is -2.41. The standard InChI is InChI=1S/C21H21F3N4O.HI/c1-3-15-7-6-10-18(12-15)28-19(29)14-27-20(25-4-2)26-13-16-8-5-9-17(11-16)21(22,23)24;/h1,5-12H,4,13-14H2,2H3,(H,28,29)(H2,25,26,27);1H. The second-order valence-electron chi connectivity index (χ2n) is 6.02. The lowest BCUT2D eigenvalue weighted by molar-refractivity contribution is -0.137. The first-order valence-electron chi connectivity index (χ1n) is 8.86. The highest BCUT2D eigenvalue weighted by molar-refractivity contribution is 14.0. The van der Waals surface area contributed by atoms with Crippen LogP contribution in [0.5, 0.6) is 0 Å². The van der Waals surface area contributed by atoms with Gasteiger partial charge in [-0.1, -0.05) is 24.1 Å². The fourth-order valence-electron chi connectivity index (χ4n) is 2.41. The third-order valence-corrected chi connectivity index (χ3v) is 3.75. The molecule has 0 unspecified atom stereocenters. The average molecular weight is 530 g/mol. The molecule has 2 aromatic rings. The lowest BCUT2D eigenvalue weighted by Gasteiger charge is -2.12. The van der Waals surface area contributed by atoms with E-state index in [1.165, 1.54) is 6.07 Å². The molecule has 0 aliphatic heterocycles. The zero-order valence-electron chi connectivity index (χ0n) is 16.2. The van der Waals surface area contributed by atoms with Crippen molar-refractivity contribution in [3.8, 4) is 12.3 Å². The Kier molecular flexibility index (Phi) is 10.2. The number of anilines is 1. The van der Waals surface area contributed by atoms with Crippen molar-refractivity contribution in [3.63, 3.8) is 0 Å². The van der Waals surface area contributed by atoms with Crippen LogP contribution in [0.4, 0.5) is 18.9 Å². The number of terminal acetylenes is 1. The summed E-state index contributed by atoms with van der Waals surface area (Å²) in [6.07, 6.45) is 0.929. The third-order valence-electron chi connectivity index (χ3n) is 3.75. The average Bonchev–Trinajstić information content (AvgIpc) is 2.70. The van der Waals surface area contributed by atoms with Gasteiger partial charge in [0.15, 0.2) is 5.96 Å². The highest BCUT2D eigenvalue weighted by Gasteiger charge is 2.30. The normalized spacial score (nSPS) is 11.1. The molecule has 0 fully saturated rings. The maximum atomic E-state index is 12.8. The molecule has 0 saturated carbocycles. The number of benzene rings is 2. The summed E-state index contributed by atoms with van der Waals surface area (Å²) in [5.74, 6) is 2.49. The van der Waals surface area contributed by atoms with Gasteiger partial charge in [0.25, 0.3) is 0 Å². The number of carbonyl (C=O) groups excluding carboxylic acids is 1. The topological polar surface area (TPSA) is 65.5 Å². The molecule has 0 saturated heterocycles. The third kappa shape index (κ3) is 8.32. The van der Waals surface area contributed by atoms with E-state index in [4.69, 9.17) is 6.42 Å². The SMILES string of the molecule is C#Cc1cccc(NC(=O)CNC(=NCc2cccc(C(F)(F)F)c2)NCC)c1.I. The van der Waals surface area contributed by atoms with Gasteiger partial charge in [-0.3, -0.25) is 4.79 Å². The number of rotatable bonds is 6.